The van der Waals surface area contributed by atoms with Gasteiger partial charge in [0.15, 0.2) is 0 Å². The molecule has 2 aromatic heterocycles. The molecular formula is C20H23N3O2. The molecule has 0 amide bonds. The van der Waals surface area contributed by atoms with Gasteiger partial charge in [-0.05, 0) is 37.8 Å². The van der Waals surface area contributed by atoms with E-state index >= 15 is 0 Å². The van der Waals surface area contributed by atoms with Gasteiger partial charge in [0.2, 0.25) is 0 Å². The van der Waals surface area contributed by atoms with Crippen LogP contribution in [0.4, 0.5) is 0 Å². The van der Waals surface area contributed by atoms with Crippen LogP contribution < -0.4 is 4.74 Å². The molecule has 1 aliphatic rings. The number of aromatic nitrogens is 3. The Balaban J connectivity index is 1.69. The molecule has 0 spiro atoms. The lowest BCUT2D eigenvalue weighted by atomic mass is 10.2. The Morgan fingerprint density at radius 3 is 2.84 bits per heavy atom. The van der Waals surface area contributed by atoms with Gasteiger partial charge in [-0.1, -0.05) is 30.3 Å². The van der Waals surface area contributed by atoms with Crippen molar-refractivity contribution in [3.8, 4) is 5.88 Å². The van der Waals surface area contributed by atoms with Gasteiger partial charge < -0.3 is 14.0 Å². The molecule has 5 heteroatoms. The van der Waals surface area contributed by atoms with E-state index in [0.717, 1.165) is 42.5 Å². The molecule has 5 nitrogen and oxygen atoms in total. The second kappa shape index (κ2) is 6.84. The molecule has 3 heterocycles. The van der Waals surface area contributed by atoms with E-state index in [2.05, 4.69) is 40.7 Å². The highest BCUT2D eigenvalue weighted by Crippen LogP contribution is 2.31. The second-order valence-electron chi connectivity index (χ2n) is 6.64. The summed E-state index contributed by atoms with van der Waals surface area (Å²) in [5, 5.41) is 9.54. The number of hydrogen-bond donors (Lipinski definition) is 0. The number of fused-ring (bicyclic) bond motifs is 1. The molecule has 25 heavy (non-hydrogen) atoms. The minimum absolute atomic E-state index is 0.267. The van der Waals surface area contributed by atoms with Crippen molar-refractivity contribution in [2.24, 2.45) is 0 Å². The van der Waals surface area contributed by atoms with Crippen LogP contribution in [0.2, 0.25) is 0 Å². The third-order valence-corrected chi connectivity index (χ3v) is 5.04. The fourth-order valence-corrected chi connectivity index (χ4v) is 3.51. The highest BCUT2D eigenvalue weighted by atomic mass is 16.5. The molecule has 1 saturated heterocycles. The van der Waals surface area contributed by atoms with Crippen molar-refractivity contribution < 1.29 is 9.47 Å². The van der Waals surface area contributed by atoms with Gasteiger partial charge in [0, 0.05) is 24.2 Å². The van der Waals surface area contributed by atoms with Crippen LogP contribution >= 0.6 is 0 Å². The molecule has 3 aromatic rings. The zero-order valence-electron chi connectivity index (χ0n) is 14.7. The quantitative estimate of drug-likeness (QED) is 0.710. The average Bonchev–Trinajstić information content (AvgIpc) is 3.24. The molecule has 4 rings (SSSR count). The van der Waals surface area contributed by atoms with Gasteiger partial charge in [-0.15, -0.1) is 5.10 Å². The van der Waals surface area contributed by atoms with Crippen molar-refractivity contribution in [3.05, 3.63) is 53.3 Å². The number of aryl methyl sites for hydroxylation is 1. The highest BCUT2D eigenvalue weighted by Gasteiger charge is 2.22. The van der Waals surface area contributed by atoms with Crippen molar-refractivity contribution in [1.82, 2.24) is 14.8 Å². The summed E-state index contributed by atoms with van der Waals surface area (Å²) in [4.78, 5) is 0. The van der Waals surface area contributed by atoms with Crippen molar-refractivity contribution in [1.29, 1.82) is 0 Å². The highest BCUT2D eigenvalue weighted by molar-refractivity contribution is 5.88. The van der Waals surface area contributed by atoms with Gasteiger partial charge in [-0.25, -0.2) is 0 Å². The van der Waals surface area contributed by atoms with Crippen molar-refractivity contribution in [2.75, 3.05) is 6.61 Å². The summed E-state index contributed by atoms with van der Waals surface area (Å²) in [5.41, 5.74) is 4.60. The van der Waals surface area contributed by atoms with Crippen molar-refractivity contribution in [3.63, 3.8) is 0 Å². The zero-order valence-corrected chi connectivity index (χ0v) is 14.7. The molecule has 130 valence electrons. The number of rotatable bonds is 5. The molecule has 0 aliphatic carbocycles. The average molecular weight is 337 g/mol. The summed E-state index contributed by atoms with van der Waals surface area (Å²) >= 11 is 0. The normalized spacial score (nSPS) is 17.3. The largest absolute Gasteiger partial charge is 0.470 e. The standard InChI is InChI=1S/C20H23N3O2/c1-14-15(2)23(12-17-9-6-10-24-17)19-18(14)11-21-22-20(19)25-13-16-7-4-3-5-8-16/h3-5,7-8,11,17H,6,9-10,12-13H2,1-2H3. The minimum atomic E-state index is 0.267. The summed E-state index contributed by atoms with van der Waals surface area (Å²) < 4.78 is 14.2. The lowest BCUT2D eigenvalue weighted by Crippen LogP contribution is -2.16. The van der Waals surface area contributed by atoms with E-state index < -0.39 is 0 Å². The van der Waals surface area contributed by atoms with Crippen molar-refractivity contribution >= 4 is 10.9 Å². The molecule has 0 N–H and O–H groups in total. The summed E-state index contributed by atoms with van der Waals surface area (Å²) in [5.74, 6) is 0.593. The molecular weight excluding hydrogens is 314 g/mol. The van der Waals surface area contributed by atoms with Gasteiger partial charge >= 0.3 is 0 Å². The fourth-order valence-electron chi connectivity index (χ4n) is 3.51. The zero-order chi connectivity index (χ0) is 17.2. The van der Waals surface area contributed by atoms with Gasteiger partial charge in [0.1, 0.15) is 12.1 Å². The first-order valence-corrected chi connectivity index (χ1v) is 8.83. The number of benzene rings is 1. The predicted octanol–water partition coefficient (Wildman–Crippen LogP) is 3.81. The van der Waals surface area contributed by atoms with E-state index in [1.807, 2.05) is 24.4 Å². The van der Waals surface area contributed by atoms with Crippen LogP contribution in [0.5, 0.6) is 5.88 Å². The Bertz CT molecular complexity index is 868. The molecule has 1 aromatic carbocycles. The summed E-state index contributed by atoms with van der Waals surface area (Å²) in [6.07, 6.45) is 4.35. The number of ether oxygens (including phenoxy) is 2. The first-order chi connectivity index (χ1) is 12.2. The van der Waals surface area contributed by atoms with E-state index in [4.69, 9.17) is 9.47 Å². The van der Waals surface area contributed by atoms with Crippen LogP contribution in [0.15, 0.2) is 36.5 Å². The van der Waals surface area contributed by atoms with Crippen molar-refractivity contribution in [2.45, 2.75) is 45.9 Å². The Morgan fingerprint density at radius 2 is 2.08 bits per heavy atom. The maximum absolute atomic E-state index is 6.04. The maximum atomic E-state index is 6.04. The van der Waals surface area contributed by atoms with Crippen LogP contribution in [0.25, 0.3) is 10.9 Å². The smallest absolute Gasteiger partial charge is 0.258 e. The van der Waals surface area contributed by atoms with Gasteiger partial charge in [-0.2, -0.15) is 5.10 Å². The van der Waals surface area contributed by atoms with E-state index in [0.29, 0.717) is 12.5 Å². The molecule has 1 unspecified atom stereocenters. The van der Waals surface area contributed by atoms with E-state index in [1.54, 1.807) is 0 Å². The fraction of sp³-hybridized carbons (Fsp3) is 0.400. The summed E-state index contributed by atoms with van der Waals surface area (Å²) in [6.45, 7) is 6.46. The topological polar surface area (TPSA) is 49.2 Å². The third-order valence-electron chi connectivity index (χ3n) is 5.04. The van der Waals surface area contributed by atoms with Crippen LogP contribution in [-0.4, -0.2) is 27.5 Å². The molecule has 1 atom stereocenters. The number of hydrogen-bond acceptors (Lipinski definition) is 4. The van der Waals surface area contributed by atoms with Crippen LogP contribution in [0, 0.1) is 13.8 Å². The lowest BCUT2D eigenvalue weighted by Gasteiger charge is -2.15. The molecule has 0 bridgehead atoms. The van der Waals surface area contributed by atoms with Gasteiger partial charge in [0.05, 0.1) is 12.3 Å². The first kappa shape index (κ1) is 16.1. The predicted molar refractivity (Wildman–Crippen MR) is 96.8 cm³/mol. The Hall–Kier alpha value is -2.40. The SMILES string of the molecule is Cc1c(C)n(CC2CCCO2)c2c(OCc3ccccc3)nncc12. The van der Waals surface area contributed by atoms with Crippen LogP contribution in [0.3, 0.4) is 0 Å². The monoisotopic (exact) mass is 337 g/mol. The van der Waals surface area contributed by atoms with Crippen LogP contribution in [0.1, 0.15) is 29.7 Å². The Labute approximate surface area is 147 Å². The summed E-state index contributed by atoms with van der Waals surface area (Å²) in [7, 11) is 0. The third kappa shape index (κ3) is 3.12. The van der Waals surface area contributed by atoms with Gasteiger partial charge in [0.25, 0.3) is 5.88 Å². The summed E-state index contributed by atoms with van der Waals surface area (Å²) in [6, 6.07) is 10.1. The van der Waals surface area contributed by atoms with E-state index in [-0.39, 0.29) is 6.10 Å². The Kier molecular flexibility index (Phi) is 4.40. The van der Waals surface area contributed by atoms with E-state index in [9.17, 15) is 0 Å². The van der Waals surface area contributed by atoms with Crippen LogP contribution in [-0.2, 0) is 17.9 Å². The molecule has 1 aliphatic heterocycles. The minimum Gasteiger partial charge on any atom is -0.470 e. The first-order valence-electron chi connectivity index (χ1n) is 8.83. The second-order valence-corrected chi connectivity index (χ2v) is 6.64. The molecule has 0 radical (unpaired) electrons. The molecule has 0 saturated carbocycles. The maximum Gasteiger partial charge on any atom is 0.258 e. The van der Waals surface area contributed by atoms with Gasteiger partial charge in [-0.3, -0.25) is 0 Å². The number of nitrogens with zero attached hydrogens (tertiary/aromatic N) is 3. The lowest BCUT2D eigenvalue weighted by molar-refractivity contribution is 0.0974. The van der Waals surface area contributed by atoms with E-state index in [1.165, 1.54) is 11.3 Å². The Morgan fingerprint density at radius 1 is 1.24 bits per heavy atom. The molecule has 1 fully saturated rings.